The van der Waals surface area contributed by atoms with Gasteiger partial charge in [-0.2, -0.15) is 26.3 Å². The Labute approximate surface area is 117 Å². The van der Waals surface area contributed by atoms with Crippen LogP contribution in [0.15, 0.2) is 12.2 Å². The Hall–Kier alpha value is -1.25. The van der Waals surface area contributed by atoms with Crippen LogP contribution in [0.25, 0.3) is 0 Å². The van der Waals surface area contributed by atoms with Crippen LogP contribution in [-0.4, -0.2) is 34.6 Å². The van der Waals surface area contributed by atoms with E-state index < -0.39 is 42.4 Å². The smallest absolute Gasteiger partial charge is 0.430 e. The van der Waals surface area contributed by atoms with Gasteiger partial charge in [-0.25, -0.2) is 4.79 Å². The van der Waals surface area contributed by atoms with Crippen LogP contribution < -0.4 is 0 Å². The summed E-state index contributed by atoms with van der Waals surface area (Å²) in [6.07, 6.45) is -13.9. The lowest BCUT2D eigenvalue weighted by atomic mass is 9.77. The predicted molar refractivity (Wildman–Crippen MR) is 61.3 cm³/mol. The van der Waals surface area contributed by atoms with Gasteiger partial charge >= 0.3 is 18.3 Å². The van der Waals surface area contributed by atoms with Crippen molar-refractivity contribution < 1.29 is 41.0 Å². The second-order valence-corrected chi connectivity index (χ2v) is 4.58. The largest absolute Gasteiger partial charge is 0.452 e. The SMILES string of the molecule is C=C(C)C(=O)OC(CC)(CC)C(O)(C(F)(F)F)C(F)(F)F. The van der Waals surface area contributed by atoms with Gasteiger partial charge in [0.05, 0.1) is 0 Å². The van der Waals surface area contributed by atoms with E-state index in [1.807, 2.05) is 0 Å². The van der Waals surface area contributed by atoms with E-state index in [0.717, 1.165) is 20.8 Å². The molecular weight excluding hydrogens is 306 g/mol. The van der Waals surface area contributed by atoms with Crippen LogP contribution in [0, 0.1) is 0 Å². The molecule has 0 aromatic heterocycles. The zero-order valence-electron chi connectivity index (χ0n) is 11.7. The summed E-state index contributed by atoms with van der Waals surface area (Å²) in [6.45, 7) is 6.08. The maximum atomic E-state index is 12.9. The van der Waals surface area contributed by atoms with Gasteiger partial charge in [-0.05, 0) is 19.8 Å². The van der Waals surface area contributed by atoms with E-state index in [0.29, 0.717) is 0 Å². The van der Waals surface area contributed by atoms with Crippen molar-refractivity contribution in [3.63, 3.8) is 0 Å². The van der Waals surface area contributed by atoms with Gasteiger partial charge in [0.1, 0.15) is 0 Å². The molecule has 0 spiro atoms. The van der Waals surface area contributed by atoms with Crippen molar-refractivity contribution in [3.05, 3.63) is 12.2 Å². The molecule has 1 N–H and O–H groups in total. The molecule has 0 aliphatic rings. The van der Waals surface area contributed by atoms with Crippen molar-refractivity contribution >= 4 is 5.97 Å². The Bertz CT molecular complexity index is 392. The number of ether oxygens (including phenoxy) is 1. The minimum absolute atomic E-state index is 0.382. The van der Waals surface area contributed by atoms with Crippen molar-refractivity contribution in [2.45, 2.75) is 57.2 Å². The van der Waals surface area contributed by atoms with Crippen molar-refractivity contribution in [2.75, 3.05) is 0 Å². The third-order valence-electron chi connectivity index (χ3n) is 3.26. The summed E-state index contributed by atoms with van der Waals surface area (Å²) in [4.78, 5) is 11.4. The summed E-state index contributed by atoms with van der Waals surface area (Å²) in [5.74, 6) is -1.44. The first-order valence-corrected chi connectivity index (χ1v) is 5.94. The summed E-state index contributed by atoms with van der Waals surface area (Å²) in [5.41, 5.74) is -8.76. The third-order valence-corrected chi connectivity index (χ3v) is 3.26. The Morgan fingerprint density at radius 1 is 1.05 bits per heavy atom. The van der Waals surface area contributed by atoms with Gasteiger partial charge in [-0.3, -0.25) is 0 Å². The molecule has 0 aromatic rings. The lowest BCUT2D eigenvalue weighted by Gasteiger charge is -2.46. The first-order valence-electron chi connectivity index (χ1n) is 5.94. The van der Waals surface area contributed by atoms with Crippen LogP contribution in [-0.2, 0) is 9.53 Å². The van der Waals surface area contributed by atoms with Gasteiger partial charge in [-0.1, -0.05) is 20.4 Å². The fraction of sp³-hybridized carbons (Fsp3) is 0.750. The average molecular weight is 322 g/mol. The van der Waals surface area contributed by atoms with Crippen LogP contribution in [0.5, 0.6) is 0 Å². The predicted octanol–water partition coefficient (Wildman–Crippen LogP) is 3.52. The molecule has 21 heavy (non-hydrogen) atoms. The first kappa shape index (κ1) is 19.8. The molecule has 0 heterocycles. The molecule has 0 saturated heterocycles. The van der Waals surface area contributed by atoms with E-state index in [2.05, 4.69) is 11.3 Å². The molecule has 0 amide bonds. The van der Waals surface area contributed by atoms with Gasteiger partial charge in [0.15, 0.2) is 5.60 Å². The summed E-state index contributed by atoms with van der Waals surface area (Å²) < 4.78 is 82.0. The highest BCUT2D eigenvalue weighted by Crippen LogP contribution is 2.53. The maximum Gasteiger partial charge on any atom is 0.430 e. The minimum atomic E-state index is -6.08. The van der Waals surface area contributed by atoms with Crippen molar-refractivity contribution in [2.24, 2.45) is 0 Å². The zero-order chi connectivity index (χ0) is 17.3. The van der Waals surface area contributed by atoms with E-state index in [1.165, 1.54) is 0 Å². The Morgan fingerprint density at radius 3 is 1.57 bits per heavy atom. The number of esters is 1. The van der Waals surface area contributed by atoms with Crippen molar-refractivity contribution in [1.82, 2.24) is 0 Å². The normalized spacial score (nSPS) is 14.0. The zero-order valence-corrected chi connectivity index (χ0v) is 11.7. The molecule has 0 fully saturated rings. The van der Waals surface area contributed by atoms with Crippen molar-refractivity contribution in [1.29, 1.82) is 0 Å². The Kier molecular flexibility index (Phi) is 5.51. The monoisotopic (exact) mass is 322 g/mol. The number of alkyl halides is 6. The van der Waals surface area contributed by atoms with Crippen LogP contribution in [0.2, 0.25) is 0 Å². The van der Waals surface area contributed by atoms with Crippen LogP contribution in [0.1, 0.15) is 33.6 Å². The fourth-order valence-electron chi connectivity index (χ4n) is 1.92. The molecule has 9 heteroatoms. The molecule has 124 valence electrons. The molecule has 0 radical (unpaired) electrons. The number of aliphatic hydroxyl groups is 1. The fourth-order valence-corrected chi connectivity index (χ4v) is 1.92. The number of halogens is 6. The molecule has 0 bridgehead atoms. The molecule has 0 aliphatic carbocycles. The number of hydrogen-bond acceptors (Lipinski definition) is 3. The van der Waals surface area contributed by atoms with E-state index in [4.69, 9.17) is 0 Å². The maximum absolute atomic E-state index is 12.9. The number of rotatable bonds is 5. The van der Waals surface area contributed by atoms with Crippen LogP contribution >= 0.6 is 0 Å². The lowest BCUT2D eigenvalue weighted by Crippen LogP contribution is -2.71. The van der Waals surface area contributed by atoms with Gasteiger partial charge in [-0.15, -0.1) is 0 Å². The van der Waals surface area contributed by atoms with E-state index in [1.54, 1.807) is 0 Å². The molecule has 0 atom stereocenters. The minimum Gasteiger partial charge on any atom is -0.452 e. The standard InChI is InChI=1S/C12H16F6O3/c1-5-9(6-2,21-8(19)7(3)4)10(20,11(13,14)15)12(16,17)18/h20H,3,5-6H2,1-2,4H3. The number of carbonyl (C=O) groups excluding carboxylic acids is 1. The second-order valence-electron chi connectivity index (χ2n) is 4.58. The van der Waals surface area contributed by atoms with Crippen molar-refractivity contribution in [3.8, 4) is 0 Å². The topological polar surface area (TPSA) is 46.5 Å². The van der Waals surface area contributed by atoms with E-state index in [-0.39, 0.29) is 5.57 Å². The van der Waals surface area contributed by atoms with Gasteiger partial charge in [0, 0.05) is 5.57 Å². The molecule has 3 nitrogen and oxygen atoms in total. The van der Waals surface area contributed by atoms with Gasteiger partial charge in [0.25, 0.3) is 5.60 Å². The number of hydrogen-bond donors (Lipinski definition) is 1. The Balaban J connectivity index is 6.23. The molecule has 0 aromatic carbocycles. The van der Waals surface area contributed by atoms with Crippen LogP contribution in [0.3, 0.4) is 0 Å². The average Bonchev–Trinajstić information content (AvgIpc) is 2.31. The Morgan fingerprint density at radius 2 is 1.38 bits per heavy atom. The first-order chi connectivity index (χ1) is 9.20. The summed E-state index contributed by atoms with van der Waals surface area (Å²) in [5, 5.41) is 9.47. The highest BCUT2D eigenvalue weighted by molar-refractivity contribution is 5.87. The molecule has 0 rings (SSSR count). The van der Waals surface area contributed by atoms with Crippen LogP contribution in [0.4, 0.5) is 26.3 Å². The third kappa shape index (κ3) is 3.17. The van der Waals surface area contributed by atoms with Gasteiger partial charge < -0.3 is 9.84 Å². The van der Waals surface area contributed by atoms with E-state index in [9.17, 15) is 36.2 Å². The molecular formula is C12H16F6O3. The summed E-state index contributed by atoms with van der Waals surface area (Å²) >= 11 is 0. The summed E-state index contributed by atoms with van der Waals surface area (Å²) in [7, 11) is 0. The molecule has 0 unspecified atom stereocenters. The highest BCUT2D eigenvalue weighted by atomic mass is 19.4. The second kappa shape index (κ2) is 5.86. The number of carbonyl (C=O) groups is 1. The lowest BCUT2D eigenvalue weighted by molar-refractivity contribution is -0.413. The quantitative estimate of drug-likeness (QED) is 0.478. The molecule has 0 saturated carbocycles. The molecule has 0 aliphatic heterocycles. The highest BCUT2D eigenvalue weighted by Gasteiger charge is 2.80. The van der Waals surface area contributed by atoms with E-state index >= 15 is 0 Å². The van der Waals surface area contributed by atoms with Gasteiger partial charge in [0.2, 0.25) is 0 Å². The summed E-state index contributed by atoms with van der Waals surface area (Å²) in [6, 6.07) is 0.